The monoisotopic (exact) mass is 327 g/mol. The molecular formula is C15H15Cl2NOS. The number of amides is 1. The summed E-state index contributed by atoms with van der Waals surface area (Å²) in [6.07, 6.45) is 0. The minimum absolute atomic E-state index is 0.0102. The third kappa shape index (κ3) is 3.00. The average molecular weight is 328 g/mol. The van der Waals surface area contributed by atoms with Crippen LogP contribution >= 0.6 is 34.5 Å². The van der Waals surface area contributed by atoms with E-state index in [1.807, 2.05) is 31.4 Å². The molecule has 106 valence electrons. The van der Waals surface area contributed by atoms with Gasteiger partial charge in [-0.2, -0.15) is 0 Å². The Labute approximate surface area is 132 Å². The number of halogens is 2. The van der Waals surface area contributed by atoms with Crippen LogP contribution in [0.3, 0.4) is 0 Å². The second kappa shape index (κ2) is 6.17. The summed E-state index contributed by atoms with van der Waals surface area (Å²) in [7, 11) is 1.79. The van der Waals surface area contributed by atoms with Crippen molar-refractivity contribution in [2.75, 3.05) is 7.05 Å². The first-order valence-electron chi connectivity index (χ1n) is 6.18. The molecule has 1 unspecified atom stereocenters. The van der Waals surface area contributed by atoms with Crippen LogP contribution in [0.4, 0.5) is 0 Å². The molecule has 2 rings (SSSR count). The van der Waals surface area contributed by atoms with Crippen molar-refractivity contribution in [3.63, 3.8) is 0 Å². The number of aryl methyl sites for hydroxylation is 1. The summed E-state index contributed by atoms with van der Waals surface area (Å²) in [4.78, 5) is 15.0. The van der Waals surface area contributed by atoms with E-state index in [9.17, 15) is 4.79 Å². The zero-order valence-corrected chi connectivity index (χ0v) is 13.8. The molecule has 1 aromatic heterocycles. The summed E-state index contributed by atoms with van der Waals surface area (Å²) in [5.41, 5.74) is 1.89. The standard InChI is InChI=1S/C15H15Cl2NOS/c1-9-6-7-20-14(9)15(19)18(3)10(2)12-5-4-11(16)8-13(12)17/h4-8,10H,1-3H3. The fourth-order valence-electron chi connectivity index (χ4n) is 1.98. The van der Waals surface area contributed by atoms with Gasteiger partial charge in [-0.3, -0.25) is 4.79 Å². The Morgan fingerprint density at radius 3 is 2.55 bits per heavy atom. The lowest BCUT2D eigenvalue weighted by atomic mass is 10.1. The fraction of sp³-hybridized carbons (Fsp3) is 0.267. The highest BCUT2D eigenvalue weighted by Gasteiger charge is 2.22. The number of nitrogens with zero attached hydrogens (tertiary/aromatic N) is 1. The topological polar surface area (TPSA) is 20.3 Å². The van der Waals surface area contributed by atoms with Gasteiger partial charge in [-0.05, 0) is 48.6 Å². The van der Waals surface area contributed by atoms with E-state index < -0.39 is 0 Å². The highest BCUT2D eigenvalue weighted by atomic mass is 35.5. The molecule has 0 saturated heterocycles. The van der Waals surface area contributed by atoms with Gasteiger partial charge in [0.1, 0.15) is 0 Å². The molecular weight excluding hydrogens is 313 g/mol. The molecule has 5 heteroatoms. The largest absolute Gasteiger partial charge is 0.334 e. The summed E-state index contributed by atoms with van der Waals surface area (Å²) in [6, 6.07) is 7.18. The summed E-state index contributed by atoms with van der Waals surface area (Å²) in [5.74, 6) is 0.0102. The molecule has 0 fully saturated rings. The van der Waals surface area contributed by atoms with Crippen molar-refractivity contribution in [2.24, 2.45) is 0 Å². The Balaban J connectivity index is 2.26. The van der Waals surface area contributed by atoms with Gasteiger partial charge in [0.2, 0.25) is 0 Å². The van der Waals surface area contributed by atoms with Crippen LogP contribution < -0.4 is 0 Å². The third-order valence-corrected chi connectivity index (χ3v) is 4.94. The predicted octanol–water partition coefficient (Wildman–Crippen LogP) is 5.20. The van der Waals surface area contributed by atoms with E-state index >= 15 is 0 Å². The zero-order chi connectivity index (χ0) is 14.9. The van der Waals surface area contributed by atoms with E-state index in [2.05, 4.69) is 0 Å². The second-order valence-electron chi connectivity index (χ2n) is 4.69. The molecule has 0 spiro atoms. The van der Waals surface area contributed by atoms with Crippen molar-refractivity contribution in [1.29, 1.82) is 0 Å². The molecule has 1 aromatic carbocycles. The number of hydrogen-bond acceptors (Lipinski definition) is 2. The maximum atomic E-state index is 12.5. The highest BCUT2D eigenvalue weighted by molar-refractivity contribution is 7.12. The molecule has 2 nitrogen and oxygen atoms in total. The van der Waals surface area contributed by atoms with Gasteiger partial charge in [-0.1, -0.05) is 29.3 Å². The molecule has 1 heterocycles. The molecule has 1 amide bonds. The number of hydrogen-bond donors (Lipinski definition) is 0. The van der Waals surface area contributed by atoms with Gasteiger partial charge in [0.05, 0.1) is 10.9 Å². The predicted molar refractivity (Wildman–Crippen MR) is 86.0 cm³/mol. The van der Waals surface area contributed by atoms with Crippen molar-refractivity contribution < 1.29 is 4.79 Å². The molecule has 0 radical (unpaired) electrons. The number of carbonyl (C=O) groups is 1. The summed E-state index contributed by atoms with van der Waals surface area (Å²) in [5, 5.41) is 3.10. The van der Waals surface area contributed by atoms with Crippen molar-refractivity contribution in [3.8, 4) is 0 Å². The van der Waals surface area contributed by atoms with Crippen LogP contribution in [0, 0.1) is 6.92 Å². The molecule has 2 aromatic rings. The lowest BCUT2D eigenvalue weighted by Gasteiger charge is -2.26. The SMILES string of the molecule is Cc1ccsc1C(=O)N(C)C(C)c1ccc(Cl)cc1Cl. The number of thiophene rings is 1. The Bertz CT molecular complexity index is 639. The van der Waals surface area contributed by atoms with Gasteiger partial charge < -0.3 is 4.90 Å². The zero-order valence-electron chi connectivity index (χ0n) is 11.5. The maximum absolute atomic E-state index is 12.5. The van der Waals surface area contributed by atoms with Crippen LogP contribution in [-0.2, 0) is 0 Å². The van der Waals surface area contributed by atoms with E-state index in [4.69, 9.17) is 23.2 Å². The van der Waals surface area contributed by atoms with Crippen LogP contribution in [0.5, 0.6) is 0 Å². The average Bonchev–Trinajstić information content (AvgIpc) is 2.82. The Morgan fingerprint density at radius 1 is 1.30 bits per heavy atom. The van der Waals surface area contributed by atoms with Gasteiger partial charge >= 0.3 is 0 Å². The smallest absolute Gasteiger partial charge is 0.264 e. The van der Waals surface area contributed by atoms with Gasteiger partial charge in [-0.25, -0.2) is 0 Å². The maximum Gasteiger partial charge on any atom is 0.264 e. The van der Waals surface area contributed by atoms with E-state index in [0.29, 0.717) is 10.0 Å². The quantitative estimate of drug-likeness (QED) is 0.759. The van der Waals surface area contributed by atoms with Crippen LogP contribution in [0.1, 0.15) is 33.8 Å². The first kappa shape index (κ1) is 15.4. The number of rotatable bonds is 3. The van der Waals surface area contributed by atoms with Crippen LogP contribution in [-0.4, -0.2) is 17.9 Å². The summed E-state index contributed by atoms with van der Waals surface area (Å²) < 4.78 is 0. The Hall–Kier alpha value is -1.03. The number of benzene rings is 1. The van der Waals surface area contributed by atoms with Crippen molar-refractivity contribution >= 4 is 40.4 Å². The van der Waals surface area contributed by atoms with Gasteiger partial charge in [0, 0.05) is 17.1 Å². The van der Waals surface area contributed by atoms with Gasteiger partial charge in [0.15, 0.2) is 0 Å². The van der Waals surface area contributed by atoms with E-state index in [0.717, 1.165) is 16.0 Å². The minimum Gasteiger partial charge on any atom is -0.334 e. The second-order valence-corrected chi connectivity index (χ2v) is 6.45. The Morgan fingerprint density at radius 2 is 2.00 bits per heavy atom. The van der Waals surface area contributed by atoms with Gasteiger partial charge in [-0.15, -0.1) is 11.3 Å². The first-order chi connectivity index (χ1) is 9.41. The molecule has 0 aliphatic carbocycles. The summed E-state index contributed by atoms with van der Waals surface area (Å²) in [6.45, 7) is 3.90. The number of carbonyl (C=O) groups excluding carboxylic acids is 1. The molecule has 0 saturated carbocycles. The Kier molecular flexibility index (Phi) is 4.74. The lowest BCUT2D eigenvalue weighted by Crippen LogP contribution is -2.29. The third-order valence-electron chi connectivity index (χ3n) is 3.37. The van der Waals surface area contributed by atoms with Crippen LogP contribution in [0.25, 0.3) is 0 Å². The van der Waals surface area contributed by atoms with Crippen LogP contribution in [0.2, 0.25) is 10.0 Å². The first-order valence-corrected chi connectivity index (χ1v) is 7.81. The lowest BCUT2D eigenvalue weighted by molar-refractivity contribution is 0.0747. The molecule has 0 aliphatic rings. The molecule has 0 aliphatic heterocycles. The van der Waals surface area contributed by atoms with Gasteiger partial charge in [0.25, 0.3) is 5.91 Å². The van der Waals surface area contributed by atoms with Crippen LogP contribution in [0.15, 0.2) is 29.6 Å². The molecule has 0 bridgehead atoms. The van der Waals surface area contributed by atoms with Crippen molar-refractivity contribution in [3.05, 3.63) is 55.7 Å². The summed E-state index contributed by atoms with van der Waals surface area (Å²) >= 11 is 13.6. The highest BCUT2D eigenvalue weighted by Crippen LogP contribution is 2.30. The van der Waals surface area contributed by atoms with Crippen molar-refractivity contribution in [1.82, 2.24) is 4.90 Å². The molecule has 20 heavy (non-hydrogen) atoms. The minimum atomic E-state index is -0.117. The molecule has 1 atom stereocenters. The fourth-order valence-corrected chi connectivity index (χ4v) is 3.45. The normalized spacial score (nSPS) is 12.2. The van der Waals surface area contributed by atoms with E-state index in [1.165, 1.54) is 11.3 Å². The van der Waals surface area contributed by atoms with E-state index in [1.54, 1.807) is 24.1 Å². The molecule has 0 N–H and O–H groups in total. The van der Waals surface area contributed by atoms with E-state index in [-0.39, 0.29) is 11.9 Å². The van der Waals surface area contributed by atoms with Crippen molar-refractivity contribution in [2.45, 2.75) is 19.9 Å².